The van der Waals surface area contributed by atoms with Gasteiger partial charge in [-0.05, 0) is 38.1 Å². The summed E-state index contributed by atoms with van der Waals surface area (Å²) in [5, 5.41) is 8.60. The van der Waals surface area contributed by atoms with Crippen molar-refractivity contribution in [2.75, 3.05) is 13.6 Å². The molecule has 0 heterocycles. The molecule has 5 heteroatoms. The van der Waals surface area contributed by atoms with Gasteiger partial charge in [-0.25, -0.2) is 0 Å². The SMILES string of the molecule is CN(CC(C#N)C(F)(F)F)C1CCC(C)(C)CC1. The van der Waals surface area contributed by atoms with E-state index in [4.69, 9.17) is 5.26 Å². The summed E-state index contributed by atoms with van der Waals surface area (Å²) >= 11 is 0. The van der Waals surface area contributed by atoms with E-state index in [-0.39, 0.29) is 12.6 Å². The number of rotatable bonds is 3. The van der Waals surface area contributed by atoms with E-state index < -0.39 is 12.1 Å². The normalized spacial score (nSPS) is 22.8. The molecule has 1 rings (SSSR count). The maximum Gasteiger partial charge on any atom is 0.405 e. The molecule has 1 unspecified atom stereocenters. The second-order valence-electron chi connectivity index (χ2n) is 6.06. The molecule has 0 bridgehead atoms. The summed E-state index contributed by atoms with van der Waals surface area (Å²) in [5.41, 5.74) is 0.302. The molecule has 1 saturated carbocycles. The van der Waals surface area contributed by atoms with Crippen LogP contribution in [0.5, 0.6) is 0 Å². The molecule has 0 saturated heterocycles. The van der Waals surface area contributed by atoms with Gasteiger partial charge in [-0.1, -0.05) is 13.8 Å². The number of halogens is 3. The van der Waals surface area contributed by atoms with E-state index in [1.54, 1.807) is 11.9 Å². The summed E-state index contributed by atoms with van der Waals surface area (Å²) < 4.78 is 37.6. The van der Waals surface area contributed by atoms with Crippen molar-refractivity contribution in [2.45, 2.75) is 51.7 Å². The number of nitrogens with zero attached hydrogens (tertiary/aromatic N) is 2. The lowest BCUT2D eigenvalue weighted by Crippen LogP contribution is -2.42. The molecule has 18 heavy (non-hydrogen) atoms. The van der Waals surface area contributed by atoms with Crippen LogP contribution >= 0.6 is 0 Å². The molecule has 0 radical (unpaired) electrons. The highest BCUT2D eigenvalue weighted by Crippen LogP contribution is 2.37. The Morgan fingerprint density at radius 3 is 2.22 bits per heavy atom. The highest BCUT2D eigenvalue weighted by molar-refractivity contribution is 4.92. The minimum atomic E-state index is -4.42. The van der Waals surface area contributed by atoms with Gasteiger partial charge >= 0.3 is 6.18 Å². The lowest BCUT2D eigenvalue weighted by atomic mass is 9.75. The van der Waals surface area contributed by atoms with Crippen molar-refractivity contribution in [2.24, 2.45) is 11.3 Å². The van der Waals surface area contributed by atoms with Crippen molar-refractivity contribution in [1.29, 1.82) is 5.26 Å². The third-order valence-electron chi connectivity index (χ3n) is 3.95. The first-order valence-electron chi connectivity index (χ1n) is 6.32. The van der Waals surface area contributed by atoms with E-state index in [9.17, 15) is 13.2 Å². The monoisotopic (exact) mass is 262 g/mol. The Kier molecular flexibility index (Phi) is 4.66. The van der Waals surface area contributed by atoms with Crippen molar-refractivity contribution in [3.8, 4) is 6.07 Å². The van der Waals surface area contributed by atoms with Gasteiger partial charge in [-0.3, -0.25) is 0 Å². The van der Waals surface area contributed by atoms with Gasteiger partial charge in [-0.2, -0.15) is 18.4 Å². The van der Waals surface area contributed by atoms with Crippen LogP contribution in [-0.4, -0.2) is 30.7 Å². The van der Waals surface area contributed by atoms with Gasteiger partial charge in [0.2, 0.25) is 0 Å². The summed E-state index contributed by atoms with van der Waals surface area (Å²) in [7, 11) is 1.69. The van der Waals surface area contributed by atoms with E-state index in [0.29, 0.717) is 5.41 Å². The maximum absolute atomic E-state index is 12.5. The molecular formula is C13H21F3N2. The van der Waals surface area contributed by atoms with Crippen LogP contribution in [0.1, 0.15) is 39.5 Å². The number of alkyl halides is 3. The molecule has 0 aromatic carbocycles. The Morgan fingerprint density at radius 2 is 1.83 bits per heavy atom. The first-order valence-corrected chi connectivity index (χ1v) is 6.32. The fourth-order valence-electron chi connectivity index (χ4n) is 2.48. The summed E-state index contributed by atoms with van der Waals surface area (Å²) in [6.45, 7) is 4.17. The summed E-state index contributed by atoms with van der Waals surface area (Å²) in [4.78, 5) is 1.70. The fraction of sp³-hybridized carbons (Fsp3) is 0.923. The van der Waals surface area contributed by atoms with E-state index in [2.05, 4.69) is 13.8 Å². The Bertz CT molecular complexity index is 307. The first kappa shape index (κ1) is 15.3. The minimum Gasteiger partial charge on any atom is -0.302 e. The average molecular weight is 262 g/mol. The zero-order valence-corrected chi connectivity index (χ0v) is 11.2. The molecule has 104 valence electrons. The molecular weight excluding hydrogens is 241 g/mol. The van der Waals surface area contributed by atoms with Crippen molar-refractivity contribution in [3.63, 3.8) is 0 Å². The van der Waals surface area contributed by atoms with Crippen molar-refractivity contribution in [3.05, 3.63) is 0 Å². The van der Waals surface area contributed by atoms with Crippen LogP contribution in [0, 0.1) is 22.7 Å². The molecule has 0 N–H and O–H groups in total. The van der Waals surface area contributed by atoms with Crippen LogP contribution in [0.15, 0.2) is 0 Å². The number of hydrogen-bond acceptors (Lipinski definition) is 2. The lowest BCUT2D eigenvalue weighted by molar-refractivity contribution is -0.164. The molecule has 0 aliphatic heterocycles. The van der Waals surface area contributed by atoms with Crippen molar-refractivity contribution in [1.82, 2.24) is 4.90 Å². The molecule has 1 aliphatic rings. The molecule has 1 fully saturated rings. The lowest BCUT2D eigenvalue weighted by Gasteiger charge is -2.39. The number of hydrogen-bond donors (Lipinski definition) is 0. The van der Waals surface area contributed by atoms with E-state index in [1.165, 1.54) is 6.07 Å². The van der Waals surface area contributed by atoms with E-state index >= 15 is 0 Å². The second kappa shape index (κ2) is 5.48. The van der Waals surface area contributed by atoms with Gasteiger partial charge in [0.1, 0.15) is 0 Å². The van der Waals surface area contributed by atoms with Crippen LogP contribution in [0.4, 0.5) is 13.2 Å². The topological polar surface area (TPSA) is 27.0 Å². The standard InChI is InChI=1S/C13H21F3N2/c1-12(2)6-4-11(5-7-12)18(3)9-10(8-17)13(14,15)16/h10-11H,4-7,9H2,1-3H3. The van der Waals surface area contributed by atoms with Crippen LogP contribution < -0.4 is 0 Å². The molecule has 0 spiro atoms. The predicted molar refractivity (Wildman–Crippen MR) is 63.8 cm³/mol. The van der Waals surface area contributed by atoms with Crippen LogP contribution in [0.3, 0.4) is 0 Å². The fourth-order valence-corrected chi connectivity index (χ4v) is 2.48. The summed E-state index contributed by atoms with van der Waals surface area (Å²) in [5.74, 6) is -1.88. The quantitative estimate of drug-likeness (QED) is 0.777. The van der Waals surface area contributed by atoms with Crippen LogP contribution in [0.2, 0.25) is 0 Å². The van der Waals surface area contributed by atoms with Crippen molar-refractivity contribution >= 4 is 0 Å². The smallest absolute Gasteiger partial charge is 0.302 e. The van der Waals surface area contributed by atoms with Crippen LogP contribution in [-0.2, 0) is 0 Å². The minimum absolute atomic E-state index is 0.177. The maximum atomic E-state index is 12.5. The molecule has 0 aromatic rings. The van der Waals surface area contributed by atoms with E-state index in [0.717, 1.165) is 25.7 Å². The van der Waals surface area contributed by atoms with E-state index in [1.807, 2.05) is 0 Å². The summed E-state index contributed by atoms with van der Waals surface area (Å²) in [6.07, 6.45) is -0.521. The van der Waals surface area contributed by atoms with Crippen molar-refractivity contribution < 1.29 is 13.2 Å². The molecule has 1 aliphatic carbocycles. The third-order valence-corrected chi connectivity index (χ3v) is 3.95. The van der Waals surface area contributed by atoms with Gasteiger partial charge in [0, 0.05) is 12.6 Å². The zero-order chi connectivity index (χ0) is 14.0. The van der Waals surface area contributed by atoms with Gasteiger partial charge in [0.15, 0.2) is 5.92 Å². The second-order valence-corrected chi connectivity index (χ2v) is 6.06. The van der Waals surface area contributed by atoms with Gasteiger partial charge in [0.05, 0.1) is 6.07 Å². The molecule has 0 amide bonds. The van der Waals surface area contributed by atoms with Gasteiger partial charge in [-0.15, -0.1) is 0 Å². The Morgan fingerprint density at radius 1 is 1.33 bits per heavy atom. The Hall–Kier alpha value is -0.760. The predicted octanol–water partition coefficient (Wildman–Crippen LogP) is 3.59. The molecule has 2 nitrogen and oxygen atoms in total. The molecule has 0 aromatic heterocycles. The average Bonchev–Trinajstić information content (AvgIpc) is 2.23. The first-order chi connectivity index (χ1) is 8.15. The summed E-state index contributed by atoms with van der Waals surface area (Å²) in [6, 6.07) is 1.54. The largest absolute Gasteiger partial charge is 0.405 e. The Balaban J connectivity index is 2.52. The zero-order valence-electron chi connectivity index (χ0n) is 11.2. The van der Waals surface area contributed by atoms with Gasteiger partial charge in [0.25, 0.3) is 0 Å². The highest BCUT2D eigenvalue weighted by Gasteiger charge is 2.41. The van der Waals surface area contributed by atoms with Gasteiger partial charge < -0.3 is 4.90 Å². The highest BCUT2D eigenvalue weighted by atomic mass is 19.4. The third kappa shape index (κ3) is 4.16. The molecule has 1 atom stereocenters. The van der Waals surface area contributed by atoms with Crippen LogP contribution in [0.25, 0.3) is 0 Å². The number of nitriles is 1. The Labute approximate surface area is 107 Å².